The summed E-state index contributed by atoms with van der Waals surface area (Å²) in [7, 11) is 1.66. The fraction of sp³-hybridized carbons (Fsp3) is 0.304. The number of hydrogen-bond donors (Lipinski definition) is 1. The number of carbonyl (C=O) groups is 1. The Labute approximate surface area is 175 Å². The Morgan fingerprint density at radius 1 is 1.03 bits per heavy atom. The average molecular weight is 411 g/mol. The number of methoxy groups -OCH3 is 1. The number of rotatable bonds is 6. The number of hydrogen-bond acceptors (Lipinski definition) is 5. The molecule has 0 fully saturated rings. The fourth-order valence-corrected chi connectivity index (χ4v) is 4.04. The first-order chi connectivity index (χ1) is 13.8. The quantitative estimate of drug-likeness (QED) is 0.593. The van der Waals surface area contributed by atoms with Crippen molar-refractivity contribution in [1.29, 1.82) is 0 Å². The maximum Gasteiger partial charge on any atom is 0.264 e. The minimum Gasteiger partial charge on any atom is -0.496 e. The van der Waals surface area contributed by atoms with Crippen molar-refractivity contribution >= 4 is 22.4 Å². The zero-order valence-electron chi connectivity index (χ0n) is 17.7. The molecule has 0 spiro atoms. The minimum absolute atomic E-state index is 0.0562. The van der Waals surface area contributed by atoms with Crippen LogP contribution in [-0.4, -0.2) is 24.6 Å². The highest BCUT2D eigenvalue weighted by molar-refractivity contribution is 7.16. The molecule has 29 heavy (non-hydrogen) atoms. The summed E-state index contributed by atoms with van der Waals surface area (Å²) in [6, 6.07) is 10.0. The van der Waals surface area contributed by atoms with Gasteiger partial charge in [0.1, 0.15) is 11.5 Å². The summed E-state index contributed by atoms with van der Waals surface area (Å²) in [5, 5.41) is 3.41. The van der Waals surface area contributed by atoms with Crippen molar-refractivity contribution in [3.63, 3.8) is 0 Å². The second-order valence-electron chi connectivity index (χ2n) is 7.15. The molecule has 0 saturated heterocycles. The van der Waals surface area contributed by atoms with E-state index >= 15 is 0 Å². The normalized spacial score (nSPS) is 10.7. The van der Waals surface area contributed by atoms with Crippen LogP contribution in [0.4, 0.5) is 5.13 Å². The first kappa shape index (κ1) is 20.9. The smallest absolute Gasteiger partial charge is 0.264 e. The van der Waals surface area contributed by atoms with E-state index in [1.54, 1.807) is 7.11 Å². The van der Waals surface area contributed by atoms with E-state index in [0.717, 1.165) is 49.9 Å². The highest BCUT2D eigenvalue weighted by Crippen LogP contribution is 2.32. The van der Waals surface area contributed by atoms with Gasteiger partial charge in [-0.3, -0.25) is 10.1 Å². The Kier molecular flexibility index (Phi) is 6.23. The van der Waals surface area contributed by atoms with Crippen molar-refractivity contribution in [2.24, 2.45) is 0 Å². The van der Waals surface area contributed by atoms with Gasteiger partial charge in [0.05, 0.1) is 12.8 Å². The number of thiazole rings is 1. The molecule has 0 saturated carbocycles. The second-order valence-corrected chi connectivity index (χ2v) is 8.35. The molecular formula is C23H26N2O3S. The van der Waals surface area contributed by atoms with Gasteiger partial charge in [-0.25, -0.2) is 4.98 Å². The molecule has 1 aromatic heterocycles. The van der Waals surface area contributed by atoms with Gasteiger partial charge in [-0.1, -0.05) is 6.07 Å². The van der Waals surface area contributed by atoms with Crippen molar-refractivity contribution < 1.29 is 14.3 Å². The van der Waals surface area contributed by atoms with Crippen LogP contribution in [0, 0.1) is 34.6 Å². The maximum atomic E-state index is 12.4. The number of nitrogens with zero attached hydrogens (tertiary/aromatic N) is 1. The molecule has 3 aromatic rings. The molecule has 3 rings (SSSR count). The summed E-state index contributed by atoms with van der Waals surface area (Å²) >= 11 is 1.45. The lowest BCUT2D eigenvalue weighted by atomic mass is 10.1. The lowest BCUT2D eigenvalue weighted by Crippen LogP contribution is -2.20. The molecule has 0 atom stereocenters. The van der Waals surface area contributed by atoms with Gasteiger partial charge in [-0.15, -0.1) is 11.3 Å². The topological polar surface area (TPSA) is 60.5 Å². The van der Waals surface area contributed by atoms with Crippen LogP contribution in [0.15, 0.2) is 30.3 Å². The summed E-state index contributed by atoms with van der Waals surface area (Å²) in [5.41, 5.74) is 6.21. The van der Waals surface area contributed by atoms with E-state index in [-0.39, 0.29) is 12.5 Å². The van der Waals surface area contributed by atoms with E-state index < -0.39 is 0 Å². The lowest BCUT2D eigenvalue weighted by molar-refractivity contribution is -0.118. The molecule has 0 unspecified atom stereocenters. The summed E-state index contributed by atoms with van der Waals surface area (Å²) in [5.74, 6) is 1.35. The van der Waals surface area contributed by atoms with E-state index in [4.69, 9.17) is 9.47 Å². The Morgan fingerprint density at radius 3 is 2.48 bits per heavy atom. The van der Waals surface area contributed by atoms with Crippen LogP contribution in [0.25, 0.3) is 11.3 Å². The third-order valence-corrected chi connectivity index (χ3v) is 5.72. The monoisotopic (exact) mass is 410 g/mol. The number of benzene rings is 2. The van der Waals surface area contributed by atoms with E-state index in [1.165, 1.54) is 11.3 Å². The summed E-state index contributed by atoms with van der Waals surface area (Å²) in [6.45, 7) is 9.99. The molecular weight excluding hydrogens is 384 g/mol. The molecule has 6 heteroatoms. The van der Waals surface area contributed by atoms with Gasteiger partial charge in [-0.2, -0.15) is 0 Å². The molecule has 2 aromatic carbocycles. The van der Waals surface area contributed by atoms with Gasteiger partial charge in [0.2, 0.25) is 0 Å². The second kappa shape index (κ2) is 8.66. The summed E-state index contributed by atoms with van der Waals surface area (Å²) in [4.78, 5) is 18.0. The molecule has 5 nitrogen and oxygen atoms in total. The third-order valence-electron chi connectivity index (χ3n) is 4.83. The number of aryl methyl sites for hydroxylation is 4. The largest absolute Gasteiger partial charge is 0.496 e. The number of carbonyl (C=O) groups excluding carboxylic acids is 1. The predicted octanol–water partition coefficient (Wildman–Crippen LogP) is 5.38. The number of amides is 1. The Morgan fingerprint density at radius 2 is 1.79 bits per heavy atom. The average Bonchev–Trinajstić information content (AvgIpc) is 3.03. The Bertz CT molecular complexity index is 1060. The van der Waals surface area contributed by atoms with E-state index in [2.05, 4.69) is 16.4 Å². The standard InChI is InChI=1S/C23H26N2O3S/c1-13-9-14(2)16(4)20(10-13)28-12-21(26)24-23-25-22(17(5)29-23)18-7-8-19(27-6)15(3)11-18/h7-11H,12H2,1-6H3,(H,24,25,26). The summed E-state index contributed by atoms with van der Waals surface area (Å²) in [6.07, 6.45) is 0. The van der Waals surface area contributed by atoms with E-state index in [0.29, 0.717) is 5.13 Å². The van der Waals surface area contributed by atoms with Gasteiger partial charge in [0.25, 0.3) is 5.91 Å². The number of ether oxygens (including phenoxy) is 2. The molecule has 0 bridgehead atoms. The molecule has 1 N–H and O–H groups in total. The van der Waals surface area contributed by atoms with Crippen LogP contribution in [-0.2, 0) is 4.79 Å². The van der Waals surface area contributed by atoms with Gasteiger partial charge >= 0.3 is 0 Å². The minimum atomic E-state index is -0.227. The van der Waals surface area contributed by atoms with Crippen LogP contribution in [0.2, 0.25) is 0 Å². The molecule has 0 radical (unpaired) electrons. The summed E-state index contributed by atoms with van der Waals surface area (Å²) < 4.78 is 11.1. The van der Waals surface area contributed by atoms with Crippen molar-refractivity contribution in [3.8, 4) is 22.8 Å². The molecule has 1 amide bonds. The zero-order chi connectivity index (χ0) is 21.1. The molecule has 1 heterocycles. The molecule has 0 aliphatic rings. The zero-order valence-corrected chi connectivity index (χ0v) is 18.5. The van der Waals surface area contributed by atoms with Crippen LogP contribution in [0.3, 0.4) is 0 Å². The van der Waals surface area contributed by atoms with Crippen LogP contribution < -0.4 is 14.8 Å². The van der Waals surface area contributed by atoms with E-state index in [9.17, 15) is 4.79 Å². The van der Waals surface area contributed by atoms with Crippen molar-refractivity contribution in [3.05, 3.63) is 57.5 Å². The highest BCUT2D eigenvalue weighted by atomic mass is 32.1. The Balaban J connectivity index is 1.69. The first-order valence-electron chi connectivity index (χ1n) is 9.41. The maximum absolute atomic E-state index is 12.4. The number of nitrogens with one attached hydrogen (secondary N) is 1. The Hall–Kier alpha value is -2.86. The SMILES string of the molecule is COc1ccc(-c2nc(NC(=O)COc3cc(C)cc(C)c3C)sc2C)cc1C. The van der Waals surface area contributed by atoms with E-state index in [1.807, 2.05) is 58.9 Å². The van der Waals surface area contributed by atoms with Crippen LogP contribution in [0.1, 0.15) is 27.1 Å². The molecule has 0 aliphatic heterocycles. The fourth-order valence-electron chi connectivity index (χ4n) is 3.19. The van der Waals surface area contributed by atoms with Crippen molar-refractivity contribution in [1.82, 2.24) is 4.98 Å². The van der Waals surface area contributed by atoms with Crippen LogP contribution in [0.5, 0.6) is 11.5 Å². The first-order valence-corrected chi connectivity index (χ1v) is 10.2. The predicted molar refractivity (Wildman–Crippen MR) is 118 cm³/mol. The van der Waals surface area contributed by atoms with Crippen molar-refractivity contribution in [2.45, 2.75) is 34.6 Å². The van der Waals surface area contributed by atoms with Gasteiger partial charge in [-0.05, 0) is 81.1 Å². The van der Waals surface area contributed by atoms with Gasteiger partial charge in [0.15, 0.2) is 11.7 Å². The highest BCUT2D eigenvalue weighted by Gasteiger charge is 2.14. The van der Waals surface area contributed by atoms with Gasteiger partial charge in [0, 0.05) is 10.4 Å². The molecule has 152 valence electrons. The van der Waals surface area contributed by atoms with Crippen molar-refractivity contribution in [2.75, 3.05) is 19.0 Å². The third kappa shape index (κ3) is 4.77. The van der Waals surface area contributed by atoms with Gasteiger partial charge < -0.3 is 9.47 Å². The van der Waals surface area contributed by atoms with Crippen LogP contribution >= 0.6 is 11.3 Å². The molecule has 0 aliphatic carbocycles. The lowest BCUT2D eigenvalue weighted by Gasteiger charge is -2.12. The number of anilines is 1. The number of aromatic nitrogens is 1.